The van der Waals surface area contributed by atoms with E-state index in [9.17, 15) is 13.2 Å². The third-order valence-corrected chi connectivity index (χ3v) is 7.33. The number of benzene rings is 2. The number of Topliss-reactive ketones (excluding diaryl/α,β-unsaturated/α-hetero) is 1. The number of aryl methyl sites for hydroxylation is 2. The number of carbonyl (C=O) groups excluding carboxylic acids is 1. The van der Waals surface area contributed by atoms with Gasteiger partial charge in [0.15, 0.2) is 11.6 Å². The maximum atomic E-state index is 15.7. The number of nitrogens with zero attached hydrogens (tertiary/aromatic N) is 2. The summed E-state index contributed by atoms with van der Waals surface area (Å²) >= 11 is 3.44. The van der Waals surface area contributed by atoms with Gasteiger partial charge in [-0.3, -0.25) is 4.79 Å². The van der Waals surface area contributed by atoms with Crippen LogP contribution < -0.4 is 0 Å². The summed E-state index contributed by atoms with van der Waals surface area (Å²) < 4.78 is 47.1. The topological polar surface area (TPSA) is 78.3 Å². The van der Waals surface area contributed by atoms with Crippen molar-refractivity contribution in [2.45, 2.75) is 32.7 Å². The smallest absolute Gasteiger partial charge is 0.188 e. The Labute approximate surface area is 201 Å². The second-order valence-electron chi connectivity index (χ2n) is 8.78. The minimum absolute atomic E-state index is 0.103. The number of aromatic nitrogens is 2. The molecule has 176 valence electrons. The number of sulfone groups is 1. The zero-order valence-corrected chi connectivity index (χ0v) is 21.0. The van der Waals surface area contributed by atoms with E-state index in [0.29, 0.717) is 18.0 Å². The van der Waals surface area contributed by atoms with Crippen molar-refractivity contribution in [1.82, 2.24) is 9.55 Å². The van der Waals surface area contributed by atoms with E-state index in [0.717, 1.165) is 34.7 Å². The highest BCUT2D eigenvalue weighted by Gasteiger charge is 2.25. The fraction of sp³-hybridized carbons (Fsp3) is 0.417. The van der Waals surface area contributed by atoms with Crippen molar-refractivity contribution in [2.75, 3.05) is 25.2 Å². The summed E-state index contributed by atoms with van der Waals surface area (Å²) in [6, 6.07) is 7.37. The first-order valence-electron chi connectivity index (χ1n) is 10.8. The van der Waals surface area contributed by atoms with E-state index >= 15 is 4.39 Å². The summed E-state index contributed by atoms with van der Waals surface area (Å²) in [5, 5.41) is 0. The lowest BCUT2D eigenvalue weighted by Gasteiger charge is -2.14. The Bertz CT molecular complexity index is 1320. The van der Waals surface area contributed by atoms with E-state index in [1.165, 1.54) is 6.33 Å². The number of imidazole rings is 1. The molecule has 0 bridgehead atoms. The van der Waals surface area contributed by atoms with Crippen molar-refractivity contribution in [3.05, 3.63) is 63.1 Å². The number of hydrogen-bond donors (Lipinski definition) is 0. The van der Waals surface area contributed by atoms with Gasteiger partial charge in [-0.25, -0.2) is 17.8 Å². The van der Waals surface area contributed by atoms with Crippen LogP contribution in [-0.2, 0) is 27.5 Å². The van der Waals surface area contributed by atoms with Crippen molar-refractivity contribution in [3.8, 4) is 0 Å². The standard InChI is InChI=1S/C24H26BrFN2O4S/c1-15-9-18(25)6-5-17(15)10-20-19(22(29)13-32-12-16-3-4-16)11-21-24(23(20)26)27-14-28(21)7-8-33(2,30)31/h5-6,9,11,14,16H,3-4,7-8,10,12-13H2,1-2H3. The number of fused-ring (bicyclic) bond motifs is 1. The normalized spacial score (nSPS) is 14.2. The van der Waals surface area contributed by atoms with Gasteiger partial charge in [-0.1, -0.05) is 22.0 Å². The van der Waals surface area contributed by atoms with E-state index in [2.05, 4.69) is 20.9 Å². The monoisotopic (exact) mass is 536 g/mol. The zero-order chi connectivity index (χ0) is 23.8. The minimum atomic E-state index is -3.21. The maximum absolute atomic E-state index is 15.7. The molecule has 1 aliphatic rings. The molecule has 0 radical (unpaired) electrons. The molecule has 0 N–H and O–H groups in total. The van der Waals surface area contributed by atoms with Crippen LogP contribution in [0, 0.1) is 18.7 Å². The van der Waals surface area contributed by atoms with Crippen molar-refractivity contribution in [1.29, 1.82) is 0 Å². The van der Waals surface area contributed by atoms with E-state index in [1.807, 2.05) is 25.1 Å². The number of hydrogen-bond acceptors (Lipinski definition) is 5. The predicted octanol–water partition coefficient (Wildman–Crippen LogP) is 4.49. The Morgan fingerprint density at radius 1 is 1.30 bits per heavy atom. The molecule has 0 aliphatic heterocycles. The highest BCUT2D eigenvalue weighted by molar-refractivity contribution is 9.10. The van der Waals surface area contributed by atoms with Crippen molar-refractivity contribution >= 4 is 42.6 Å². The zero-order valence-electron chi connectivity index (χ0n) is 18.6. The second-order valence-corrected chi connectivity index (χ2v) is 12.0. The highest BCUT2D eigenvalue weighted by atomic mass is 79.9. The molecule has 4 rings (SSSR count). The average molecular weight is 537 g/mol. The van der Waals surface area contributed by atoms with Crippen LogP contribution in [0.1, 0.15) is 39.9 Å². The molecule has 2 aromatic carbocycles. The fourth-order valence-electron chi connectivity index (χ4n) is 3.79. The molecule has 3 aromatic rings. The number of carbonyl (C=O) groups is 1. The van der Waals surface area contributed by atoms with Crippen molar-refractivity contribution in [3.63, 3.8) is 0 Å². The Morgan fingerprint density at radius 2 is 2.06 bits per heavy atom. The lowest BCUT2D eigenvalue weighted by Crippen LogP contribution is -2.15. The van der Waals surface area contributed by atoms with Gasteiger partial charge in [-0.15, -0.1) is 0 Å². The number of ether oxygens (including phenoxy) is 1. The van der Waals surface area contributed by atoms with Gasteiger partial charge in [-0.2, -0.15) is 0 Å². The molecule has 0 spiro atoms. The van der Waals surface area contributed by atoms with Crippen molar-refractivity contribution in [2.24, 2.45) is 5.92 Å². The fourth-order valence-corrected chi connectivity index (χ4v) is 4.79. The van der Waals surface area contributed by atoms with Gasteiger partial charge in [0.05, 0.1) is 24.2 Å². The van der Waals surface area contributed by atoms with Crippen LogP contribution in [-0.4, -0.2) is 49.0 Å². The molecule has 0 amide bonds. The minimum Gasteiger partial charge on any atom is -0.373 e. The van der Waals surface area contributed by atoms with Crippen LogP contribution in [0.3, 0.4) is 0 Å². The number of halogens is 2. The summed E-state index contributed by atoms with van der Waals surface area (Å²) in [6.45, 7) is 2.48. The molecule has 1 saturated carbocycles. The van der Waals surface area contributed by atoms with Gasteiger partial charge in [0, 0.05) is 34.8 Å². The third-order valence-electron chi connectivity index (χ3n) is 5.92. The Morgan fingerprint density at radius 3 is 2.73 bits per heavy atom. The quantitative estimate of drug-likeness (QED) is 0.356. The summed E-state index contributed by atoms with van der Waals surface area (Å²) in [6.07, 6.45) is 5.04. The molecule has 9 heteroatoms. The summed E-state index contributed by atoms with van der Waals surface area (Å²) in [4.78, 5) is 17.3. The number of ketones is 1. The van der Waals surface area contributed by atoms with Crippen LogP contribution in [0.15, 0.2) is 35.1 Å². The molecule has 0 unspecified atom stereocenters. The molecule has 1 aromatic heterocycles. The molecule has 33 heavy (non-hydrogen) atoms. The van der Waals surface area contributed by atoms with E-state index in [-0.39, 0.29) is 47.8 Å². The Balaban J connectivity index is 1.74. The van der Waals surface area contributed by atoms with Gasteiger partial charge in [0.2, 0.25) is 0 Å². The van der Waals surface area contributed by atoms with Gasteiger partial charge < -0.3 is 9.30 Å². The van der Waals surface area contributed by atoms with E-state index in [1.54, 1.807) is 10.6 Å². The molecule has 1 fully saturated rings. The average Bonchev–Trinajstić information content (AvgIpc) is 3.47. The van der Waals surface area contributed by atoms with Crippen LogP contribution >= 0.6 is 15.9 Å². The lowest BCUT2D eigenvalue weighted by atomic mass is 9.94. The Kier molecular flexibility index (Phi) is 7.02. The first kappa shape index (κ1) is 24.0. The molecule has 1 heterocycles. The molecule has 0 saturated heterocycles. The van der Waals surface area contributed by atoms with Crippen LogP contribution in [0.2, 0.25) is 0 Å². The van der Waals surface area contributed by atoms with Crippen LogP contribution in [0.5, 0.6) is 0 Å². The molecular formula is C24H26BrFN2O4S. The molecule has 0 atom stereocenters. The van der Waals surface area contributed by atoms with Gasteiger partial charge in [-0.05, 0) is 55.0 Å². The molecular weight excluding hydrogens is 511 g/mol. The molecule has 1 aliphatic carbocycles. The molecule has 6 nitrogen and oxygen atoms in total. The lowest BCUT2D eigenvalue weighted by molar-refractivity contribution is 0.0738. The predicted molar refractivity (Wildman–Crippen MR) is 129 cm³/mol. The number of rotatable bonds is 10. The first-order chi connectivity index (χ1) is 15.6. The maximum Gasteiger partial charge on any atom is 0.188 e. The van der Waals surface area contributed by atoms with Crippen LogP contribution in [0.4, 0.5) is 4.39 Å². The Hall–Kier alpha value is -2.10. The third kappa shape index (κ3) is 5.88. The summed E-state index contributed by atoms with van der Waals surface area (Å²) in [5.41, 5.74) is 2.94. The SMILES string of the molecule is Cc1cc(Br)ccc1Cc1c(C(=O)COCC2CC2)cc2c(ncn2CCS(C)(=O)=O)c1F. The highest BCUT2D eigenvalue weighted by Crippen LogP contribution is 2.30. The van der Waals surface area contributed by atoms with Crippen molar-refractivity contribution < 1.29 is 22.3 Å². The first-order valence-corrected chi connectivity index (χ1v) is 13.7. The van der Waals surface area contributed by atoms with E-state index < -0.39 is 15.7 Å². The largest absolute Gasteiger partial charge is 0.373 e. The van der Waals surface area contributed by atoms with Gasteiger partial charge >= 0.3 is 0 Å². The second kappa shape index (κ2) is 9.64. The summed E-state index contributed by atoms with van der Waals surface area (Å²) in [5.74, 6) is -0.442. The van der Waals surface area contributed by atoms with E-state index in [4.69, 9.17) is 4.74 Å². The van der Waals surface area contributed by atoms with Gasteiger partial charge in [0.25, 0.3) is 0 Å². The summed E-state index contributed by atoms with van der Waals surface area (Å²) in [7, 11) is -3.21. The van der Waals surface area contributed by atoms with Crippen LogP contribution in [0.25, 0.3) is 11.0 Å². The van der Waals surface area contributed by atoms with Gasteiger partial charge in [0.1, 0.15) is 22.0 Å².